The molecule has 4 nitrogen and oxygen atoms in total. The Hall–Kier alpha value is -1.84. The second-order valence-corrected chi connectivity index (χ2v) is 3.23. The van der Waals surface area contributed by atoms with Crippen LogP contribution in [0.4, 0.5) is 5.82 Å². The number of aromatic nitrogens is 2. The van der Waals surface area contributed by atoms with E-state index in [1.54, 1.807) is 18.9 Å². The third-order valence-electron chi connectivity index (χ3n) is 2.14. The number of nitrogens with one attached hydrogen (secondary N) is 1. The predicted octanol–water partition coefficient (Wildman–Crippen LogP) is 2.24. The van der Waals surface area contributed by atoms with Gasteiger partial charge in [-0.25, -0.2) is 9.97 Å². The molecule has 2 heterocycles. The normalized spacial score (nSPS) is 10.2. The van der Waals surface area contributed by atoms with Crippen molar-refractivity contribution in [2.75, 3.05) is 5.32 Å². The zero-order valence-electron chi connectivity index (χ0n) is 8.60. The van der Waals surface area contributed by atoms with Crippen molar-refractivity contribution < 1.29 is 4.42 Å². The first-order valence-electron chi connectivity index (χ1n) is 4.94. The molecular weight excluding hydrogens is 190 g/mol. The Labute approximate surface area is 88.4 Å². The van der Waals surface area contributed by atoms with Gasteiger partial charge in [-0.2, -0.15) is 0 Å². The molecule has 0 saturated heterocycles. The molecule has 0 bridgehead atoms. The third-order valence-corrected chi connectivity index (χ3v) is 2.14. The summed E-state index contributed by atoms with van der Waals surface area (Å²) in [6.45, 7) is 2.79. The number of hydrogen-bond acceptors (Lipinski definition) is 4. The monoisotopic (exact) mass is 203 g/mol. The highest BCUT2D eigenvalue weighted by molar-refractivity contribution is 5.35. The van der Waals surface area contributed by atoms with Gasteiger partial charge in [0.1, 0.15) is 12.1 Å². The van der Waals surface area contributed by atoms with Crippen molar-refractivity contribution in [2.24, 2.45) is 0 Å². The van der Waals surface area contributed by atoms with E-state index in [1.807, 2.05) is 12.1 Å². The van der Waals surface area contributed by atoms with Gasteiger partial charge in [-0.1, -0.05) is 6.92 Å². The molecule has 2 aromatic heterocycles. The number of furan rings is 1. The summed E-state index contributed by atoms with van der Waals surface area (Å²) in [5.74, 6) is 0.850. The van der Waals surface area contributed by atoms with Gasteiger partial charge >= 0.3 is 0 Å². The molecule has 0 aliphatic rings. The van der Waals surface area contributed by atoms with Gasteiger partial charge in [0, 0.05) is 23.9 Å². The summed E-state index contributed by atoms with van der Waals surface area (Å²) in [7, 11) is 0. The number of hydrogen-bond donors (Lipinski definition) is 1. The lowest BCUT2D eigenvalue weighted by Crippen LogP contribution is -2.01. The summed E-state index contributed by atoms with van der Waals surface area (Å²) in [5.41, 5.74) is 2.14. The summed E-state index contributed by atoms with van der Waals surface area (Å²) in [6, 6.07) is 3.88. The number of anilines is 1. The van der Waals surface area contributed by atoms with Crippen molar-refractivity contribution in [2.45, 2.75) is 19.9 Å². The van der Waals surface area contributed by atoms with Gasteiger partial charge in [0.25, 0.3) is 0 Å². The first-order chi connectivity index (χ1) is 7.38. The summed E-state index contributed by atoms with van der Waals surface area (Å²) in [5, 5.41) is 3.21. The zero-order valence-corrected chi connectivity index (χ0v) is 8.60. The minimum Gasteiger partial charge on any atom is -0.472 e. The van der Waals surface area contributed by atoms with Crippen LogP contribution < -0.4 is 5.32 Å². The van der Waals surface area contributed by atoms with Crippen LogP contribution in [0.25, 0.3) is 0 Å². The van der Waals surface area contributed by atoms with Crippen LogP contribution in [0.2, 0.25) is 0 Å². The average Bonchev–Trinajstić information content (AvgIpc) is 2.79. The van der Waals surface area contributed by atoms with E-state index in [-0.39, 0.29) is 0 Å². The molecule has 0 aromatic carbocycles. The fourth-order valence-electron chi connectivity index (χ4n) is 1.27. The second-order valence-electron chi connectivity index (χ2n) is 3.23. The van der Waals surface area contributed by atoms with Gasteiger partial charge in [-0.3, -0.25) is 0 Å². The highest BCUT2D eigenvalue weighted by Gasteiger charge is 1.97. The summed E-state index contributed by atoms with van der Waals surface area (Å²) < 4.78 is 4.98. The molecule has 2 aromatic rings. The van der Waals surface area contributed by atoms with E-state index in [1.165, 1.54) is 0 Å². The van der Waals surface area contributed by atoms with Crippen LogP contribution in [0.1, 0.15) is 18.2 Å². The molecule has 15 heavy (non-hydrogen) atoms. The Bertz CT molecular complexity index is 412. The van der Waals surface area contributed by atoms with E-state index in [4.69, 9.17) is 4.42 Å². The van der Waals surface area contributed by atoms with Gasteiger partial charge < -0.3 is 9.73 Å². The van der Waals surface area contributed by atoms with E-state index in [9.17, 15) is 0 Å². The minimum atomic E-state index is 0.719. The summed E-state index contributed by atoms with van der Waals surface area (Å²) >= 11 is 0. The average molecular weight is 203 g/mol. The van der Waals surface area contributed by atoms with Crippen LogP contribution in [-0.2, 0) is 13.0 Å². The van der Waals surface area contributed by atoms with E-state index in [0.717, 1.165) is 30.0 Å². The summed E-state index contributed by atoms with van der Waals surface area (Å²) in [4.78, 5) is 8.27. The lowest BCUT2D eigenvalue weighted by atomic mass is 10.3. The SMILES string of the molecule is CCc1cc(NCc2ccoc2)ncn1. The molecule has 0 aliphatic carbocycles. The minimum absolute atomic E-state index is 0.719. The molecule has 0 aliphatic heterocycles. The molecular formula is C11H13N3O. The molecule has 2 rings (SSSR count). The van der Waals surface area contributed by atoms with Crippen molar-refractivity contribution in [3.8, 4) is 0 Å². The maximum atomic E-state index is 4.98. The molecule has 0 radical (unpaired) electrons. The van der Waals surface area contributed by atoms with Crippen LogP contribution in [0.15, 0.2) is 35.4 Å². The van der Waals surface area contributed by atoms with Gasteiger partial charge in [0.15, 0.2) is 0 Å². The van der Waals surface area contributed by atoms with Crippen molar-refractivity contribution in [1.82, 2.24) is 9.97 Å². The van der Waals surface area contributed by atoms with Gasteiger partial charge in [-0.15, -0.1) is 0 Å². The topological polar surface area (TPSA) is 51.0 Å². The Kier molecular flexibility index (Phi) is 2.97. The Morgan fingerprint density at radius 1 is 1.40 bits per heavy atom. The van der Waals surface area contributed by atoms with Crippen molar-refractivity contribution >= 4 is 5.82 Å². The smallest absolute Gasteiger partial charge is 0.129 e. The van der Waals surface area contributed by atoms with E-state index >= 15 is 0 Å². The highest BCUT2D eigenvalue weighted by atomic mass is 16.3. The predicted molar refractivity (Wildman–Crippen MR) is 57.4 cm³/mol. The third kappa shape index (κ3) is 2.56. The van der Waals surface area contributed by atoms with Gasteiger partial charge in [0.05, 0.1) is 12.5 Å². The molecule has 78 valence electrons. The molecule has 0 fully saturated rings. The molecule has 0 unspecified atom stereocenters. The molecule has 4 heteroatoms. The van der Waals surface area contributed by atoms with Crippen LogP contribution in [0, 0.1) is 0 Å². The molecule has 1 N–H and O–H groups in total. The fourth-order valence-corrected chi connectivity index (χ4v) is 1.27. The largest absolute Gasteiger partial charge is 0.472 e. The van der Waals surface area contributed by atoms with Crippen LogP contribution in [0.3, 0.4) is 0 Å². The Morgan fingerprint density at radius 2 is 2.33 bits per heavy atom. The summed E-state index contributed by atoms with van der Waals surface area (Å²) in [6.07, 6.45) is 5.88. The quantitative estimate of drug-likeness (QED) is 0.828. The maximum absolute atomic E-state index is 4.98. The van der Waals surface area contributed by atoms with E-state index in [2.05, 4.69) is 22.2 Å². The lowest BCUT2D eigenvalue weighted by Gasteiger charge is -2.04. The Morgan fingerprint density at radius 3 is 3.07 bits per heavy atom. The van der Waals surface area contributed by atoms with Gasteiger partial charge in [-0.05, 0) is 12.5 Å². The molecule has 0 amide bonds. The maximum Gasteiger partial charge on any atom is 0.129 e. The molecule has 0 spiro atoms. The number of rotatable bonds is 4. The van der Waals surface area contributed by atoms with Crippen LogP contribution >= 0.6 is 0 Å². The van der Waals surface area contributed by atoms with Crippen LogP contribution in [-0.4, -0.2) is 9.97 Å². The fraction of sp³-hybridized carbons (Fsp3) is 0.273. The second kappa shape index (κ2) is 4.59. The lowest BCUT2D eigenvalue weighted by molar-refractivity contribution is 0.564. The molecule has 0 saturated carbocycles. The van der Waals surface area contributed by atoms with E-state index in [0.29, 0.717) is 0 Å². The first kappa shape index (κ1) is 9.71. The van der Waals surface area contributed by atoms with Crippen molar-refractivity contribution in [3.63, 3.8) is 0 Å². The zero-order chi connectivity index (χ0) is 10.5. The van der Waals surface area contributed by atoms with Crippen molar-refractivity contribution in [1.29, 1.82) is 0 Å². The van der Waals surface area contributed by atoms with E-state index < -0.39 is 0 Å². The highest BCUT2D eigenvalue weighted by Crippen LogP contribution is 2.07. The molecule has 0 atom stereocenters. The Balaban J connectivity index is 1.98. The van der Waals surface area contributed by atoms with Gasteiger partial charge in [0.2, 0.25) is 0 Å². The standard InChI is InChI=1S/C11H13N3O/c1-2-10-5-11(14-8-13-10)12-6-9-3-4-15-7-9/h3-5,7-8H,2,6H2,1H3,(H,12,13,14). The number of aryl methyl sites for hydroxylation is 1. The number of nitrogens with zero attached hydrogens (tertiary/aromatic N) is 2. The van der Waals surface area contributed by atoms with Crippen LogP contribution in [0.5, 0.6) is 0 Å². The first-order valence-corrected chi connectivity index (χ1v) is 4.94. The van der Waals surface area contributed by atoms with Crippen molar-refractivity contribution in [3.05, 3.63) is 42.2 Å².